The summed E-state index contributed by atoms with van der Waals surface area (Å²) < 4.78 is 11.5. The van der Waals surface area contributed by atoms with Gasteiger partial charge in [0.2, 0.25) is 5.89 Å². The molecule has 3 aliphatic rings. The third-order valence-electron chi connectivity index (χ3n) is 5.53. The lowest BCUT2D eigenvalue weighted by atomic mass is 9.74. The van der Waals surface area contributed by atoms with E-state index in [9.17, 15) is 0 Å². The van der Waals surface area contributed by atoms with Gasteiger partial charge >= 0.3 is 0 Å². The summed E-state index contributed by atoms with van der Waals surface area (Å²) in [7, 11) is 0. The van der Waals surface area contributed by atoms with Crippen molar-refractivity contribution in [3.63, 3.8) is 0 Å². The monoisotopic (exact) mass is 277 g/mol. The third-order valence-corrected chi connectivity index (χ3v) is 5.53. The first-order valence-electron chi connectivity index (χ1n) is 8.00. The van der Waals surface area contributed by atoms with Crippen LogP contribution in [0.1, 0.15) is 69.0 Å². The fraction of sp³-hybridized carbons (Fsp3) is 0.867. The number of fused-ring (bicyclic) bond motifs is 2. The minimum absolute atomic E-state index is 0.0675. The highest BCUT2D eigenvalue weighted by atomic mass is 16.5. The number of nitrogens with zero attached hydrogens (tertiary/aromatic N) is 2. The third kappa shape index (κ3) is 1.91. The Balaban J connectivity index is 1.58. The van der Waals surface area contributed by atoms with Crippen molar-refractivity contribution in [3.8, 4) is 0 Å². The maximum absolute atomic E-state index is 6.04. The summed E-state index contributed by atoms with van der Waals surface area (Å²) in [6, 6.07) is 0. The van der Waals surface area contributed by atoms with Crippen LogP contribution in [0.4, 0.5) is 0 Å². The first-order valence-corrected chi connectivity index (χ1v) is 8.00. The van der Waals surface area contributed by atoms with E-state index in [1.807, 2.05) is 0 Å². The zero-order valence-corrected chi connectivity index (χ0v) is 11.9. The molecule has 4 rings (SSSR count). The molecule has 3 atom stereocenters. The summed E-state index contributed by atoms with van der Waals surface area (Å²) in [6.07, 6.45) is 10.0. The quantitative estimate of drug-likeness (QED) is 0.917. The van der Waals surface area contributed by atoms with Crippen molar-refractivity contribution in [3.05, 3.63) is 11.7 Å². The molecule has 2 bridgehead atoms. The molecule has 1 aromatic heterocycles. The van der Waals surface area contributed by atoms with Crippen LogP contribution in [0.25, 0.3) is 0 Å². The van der Waals surface area contributed by atoms with Gasteiger partial charge in [0.15, 0.2) is 5.82 Å². The Morgan fingerprint density at radius 2 is 2.05 bits per heavy atom. The number of rotatable bonds is 3. The van der Waals surface area contributed by atoms with Crippen LogP contribution in [0.2, 0.25) is 0 Å². The van der Waals surface area contributed by atoms with Crippen LogP contribution >= 0.6 is 0 Å². The molecule has 2 N–H and O–H groups in total. The SMILES string of the molecule is NCC1(c2nc(C3CC4CCC3O4)no2)CCCCC1. The zero-order valence-electron chi connectivity index (χ0n) is 11.9. The molecule has 5 heteroatoms. The summed E-state index contributed by atoms with van der Waals surface area (Å²) in [4.78, 5) is 4.74. The van der Waals surface area contributed by atoms with E-state index in [2.05, 4.69) is 5.16 Å². The van der Waals surface area contributed by atoms with Gasteiger partial charge < -0.3 is 15.0 Å². The van der Waals surface area contributed by atoms with Crippen LogP contribution in [0.3, 0.4) is 0 Å². The summed E-state index contributed by atoms with van der Waals surface area (Å²) >= 11 is 0. The second kappa shape index (κ2) is 4.81. The minimum atomic E-state index is -0.0675. The van der Waals surface area contributed by atoms with E-state index >= 15 is 0 Å². The van der Waals surface area contributed by atoms with E-state index in [-0.39, 0.29) is 5.41 Å². The zero-order chi connectivity index (χ0) is 13.6. The lowest BCUT2D eigenvalue weighted by Crippen LogP contribution is -2.37. The molecule has 20 heavy (non-hydrogen) atoms. The smallest absolute Gasteiger partial charge is 0.234 e. The predicted molar refractivity (Wildman–Crippen MR) is 73.4 cm³/mol. The van der Waals surface area contributed by atoms with Crippen LogP contribution in [0, 0.1) is 0 Å². The topological polar surface area (TPSA) is 74.2 Å². The molecule has 1 saturated carbocycles. The number of hydrogen-bond donors (Lipinski definition) is 1. The standard InChI is InChI=1S/C15H23N3O2/c16-9-15(6-2-1-3-7-15)14-17-13(18-20-14)11-8-10-4-5-12(11)19-10/h10-12H,1-9,16H2. The summed E-state index contributed by atoms with van der Waals surface area (Å²) in [5.74, 6) is 1.97. The molecule has 0 radical (unpaired) electrons. The van der Waals surface area contributed by atoms with Crippen molar-refractivity contribution in [1.29, 1.82) is 0 Å². The molecule has 0 amide bonds. The maximum atomic E-state index is 6.04. The van der Waals surface area contributed by atoms with Crippen molar-refractivity contribution < 1.29 is 9.26 Å². The second-order valence-corrected chi connectivity index (χ2v) is 6.72. The largest absolute Gasteiger partial charge is 0.374 e. The summed E-state index contributed by atoms with van der Waals surface area (Å²) in [6.45, 7) is 0.613. The van der Waals surface area contributed by atoms with Gasteiger partial charge in [0.05, 0.1) is 23.5 Å². The molecule has 1 aromatic rings. The Morgan fingerprint density at radius 1 is 1.20 bits per heavy atom. The van der Waals surface area contributed by atoms with Gasteiger partial charge in [-0.3, -0.25) is 0 Å². The highest BCUT2D eigenvalue weighted by molar-refractivity contribution is 5.12. The fourth-order valence-electron chi connectivity index (χ4n) is 4.24. The molecule has 2 saturated heterocycles. The van der Waals surface area contributed by atoms with Gasteiger partial charge in [-0.1, -0.05) is 24.4 Å². The number of ether oxygens (including phenoxy) is 1. The molecular formula is C15H23N3O2. The van der Waals surface area contributed by atoms with Crippen LogP contribution in [-0.4, -0.2) is 28.9 Å². The van der Waals surface area contributed by atoms with Gasteiger partial charge in [0, 0.05) is 6.54 Å². The highest BCUT2D eigenvalue weighted by Gasteiger charge is 2.45. The van der Waals surface area contributed by atoms with Crippen LogP contribution in [0.15, 0.2) is 4.52 Å². The predicted octanol–water partition coefficient (Wildman–Crippen LogP) is 2.27. The average molecular weight is 277 g/mol. The van der Waals surface area contributed by atoms with Crippen LogP contribution in [-0.2, 0) is 10.2 Å². The Morgan fingerprint density at radius 3 is 2.70 bits per heavy atom. The van der Waals surface area contributed by atoms with Crippen molar-refractivity contribution in [2.75, 3.05) is 6.54 Å². The molecule has 3 fully saturated rings. The molecule has 1 aliphatic carbocycles. The van der Waals surface area contributed by atoms with E-state index in [0.29, 0.717) is 24.7 Å². The Kier molecular flexibility index (Phi) is 3.07. The number of nitrogens with two attached hydrogens (primary N) is 1. The van der Waals surface area contributed by atoms with Gasteiger partial charge in [0.25, 0.3) is 0 Å². The Labute approximate surface area is 119 Å². The van der Waals surface area contributed by atoms with Gasteiger partial charge in [-0.2, -0.15) is 4.98 Å². The van der Waals surface area contributed by atoms with Crippen LogP contribution in [0.5, 0.6) is 0 Å². The molecular weight excluding hydrogens is 254 g/mol. The molecule has 0 spiro atoms. The molecule has 5 nitrogen and oxygen atoms in total. The molecule has 110 valence electrons. The van der Waals surface area contributed by atoms with Crippen molar-refractivity contribution in [1.82, 2.24) is 10.1 Å². The normalized spacial score (nSPS) is 35.5. The van der Waals surface area contributed by atoms with E-state index in [4.69, 9.17) is 20.0 Å². The highest BCUT2D eigenvalue weighted by Crippen LogP contribution is 2.44. The first-order chi connectivity index (χ1) is 9.81. The van der Waals surface area contributed by atoms with E-state index < -0.39 is 0 Å². The molecule has 0 aromatic carbocycles. The Bertz CT molecular complexity index is 481. The molecule has 3 heterocycles. The van der Waals surface area contributed by atoms with Gasteiger partial charge in [-0.05, 0) is 32.1 Å². The minimum Gasteiger partial charge on any atom is -0.374 e. The van der Waals surface area contributed by atoms with E-state index in [1.165, 1.54) is 25.7 Å². The molecule has 2 aliphatic heterocycles. The van der Waals surface area contributed by atoms with E-state index in [1.54, 1.807) is 0 Å². The van der Waals surface area contributed by atoms with E-state index in [0.717, 1.165) is 37.4 Å². The number of hydrogen-bond acceptors (Lipinski definition) is 5. The average Bonchev–Trinajstić information content (AvgIpc) is 3.23. The van der Waals surface area contributed by atoms with Gasteiger partial charge in [-0.25, -0.2) is 0 Å². The lowest BCUT2D eigenvalue weighted by Gasteiger charge is -2.32. The van der Waals surface area contributed by atoms with Gasteiger partial charge in [-0.15, -0.1) is 0 Å². The first kappa shape index (κ1) is 12.8. The molecule has 3 unspecified atom stereocenters. The van der Waals surface area contributed by atoms with Crippen molar-refractivity contribution in [2.24, 2.45) is 5.73 Å². The maximum Gasteiger partial charge on any atom is 0.234 e. The summed E-state index contributed by atoms with van der Waals surface area (Å²) in [5.41, 5.74) is 5.97. The lowest BCUT2D eigenvalue weighted by molar-refractivity contribution is 0.0996. The van der Waals surface area contributed by atoms with Crippen LogP contribution < -0.4 is 5.73 Å². The number of aromatic nitrogens is 2. The summed E-state index contributed by atoms with van der Waals surface area (Å²) in [5, 5.41) is 4.26. The Hall–Kier alpha value is -0.940. The van der Waals surface area contributed by atoms with Crippen molar-refractivity contribution in [2.45, 2.75) is 74.9 Å². The fourth-order valence-corrected chi connectivity index (χ4v) is 4.24. The van der Waals surface area contributed by atoms with Gasteiger partial charge in [0.1, 0.15) is 0 Å². The second-order valence-electron chi connectivity index (χ2n) is 6.72. The van der Waals surface area contributed by atoms with Crippen molar-refractivity contribution >= 4 is 0 Å².